The van der Waals surface area contributed by atoms with Crippen LogP contribution in [0.15, 0.2) is 127 Å². The van der Waals surface area contributed by atoms with Gasteiger partial charge in [0.25, 0.3) is 0 Å². The minimum atomic E-state index is 0.575. The van der Waals surface area contributed by atoms with E-state index in [0.29, 0.717) is 28.1 Å². The van der Waals surface area contributed by atoms with E-state index < -0.39 is 0 Å². The van der Waals surface area contributed by atoms with Gasteiger partial charge in [-0.3, -0.25) is 0 Å². The van der Waals surface area contributed by atoms with Crippen LogP contribution in [0.1, 0.15) is 5.56 Å². The maximum Gasteiger partial charge on any atom is 0.164 e. The van der Waals surface area contributed by atoms with E-state index in [2.05, 4.69) is 6.07 Å². The largest absolute Gasteiger partial charge is 0.208 e. The van der Waals surface area contributed by atoms with E-state index in [1.54, 1.807) is 0 Å². The molecule has 1 aromatic heterocycles. The molecular formula is C34H21ClN4. The fraction of sp³-hybridized carbons (Fsp3) is 0. The molecule has 0 amide bonds. The molecule has 0 unspecified atom stereocenters. The van der Waals surface area contributed by atoms with Gasteiger partial charge in [0.15, 0.2) is 17.5 Å². The fourth-order valence-electron chi connectivity index (χ4n) is 4.48. The third kappa shape index (κ3) is 5.04. The molecule has 0 spiro atoms. The van der Waals surface area contributed by atoms with E-state index in [1.807, 2.05) is 127 Å². The maximum atomic E-state index is 9.09. The molecule has 1 heterocycles. The Labute approximate surface area is 231 Å². The number of benzene rings is 5. The molecule has 0 bridgehead atoms. The number of rotatable bonds is 5. The Hall–Kier alpha value is -5.11. The first-order valence-corrected chi connectivity index (χ1v) is 12.8. The van der Waals surface area contributed by atoms with Gasteiger partial charge in [-0.05, 0) is 34.9 Å². The topological polar surface area (TPSA) is 62.5 Å². The number of aromatic nitrogens is 3. The second-order valence-corrected chi connectivity index (χ2v) is 9.37. The summed E-state index contributed by atoms with van der Waals surface area (Å²) in [6, 6.07) is 43.5. The molecule has 6 rings (SSSR count). The van der Waals surface area contributed by atoms with Gasteiger partial charge in [-0.15, -0.1) is 0 Å². The number of nitriles is 1. The number of halogens is 1. The molecule has 0 fully saturated rings. The first-order chi connectivity index (χ1) is 19.2. The predicted molar refractivity (Wildman–Crippen MR) is 157 cm³/mol. The lowest BCUT2D eigenvalue weighted by atomic mass is 9.99. The normalized spacial score (nSPS) is 10.7. The van der Waals surface area contributed by atoms with E-state index >= 15 is 0 Å². The van der Waals surface area contributed by atoms with Crippen molar-refractivity contribution in [3.05, 3.63) is 138 Å². The molecule has 0 radical (unpaired) electrons. The van der Waals surface area contributed by atoms with E-state index in [0.717, 1.165) is 38.9 Å². The Bertz CT molecular complexity index is 1810. The van der Waals surface area contributed by atoms with Crippen LogP contribution in [0, 0.1) is 11.3 Å². The Morgan fingerprint density at radius 3 is 1.51 bits per heavy atom. The van der Waals surface area contributed by atoms with Crippen LogP contribution >= 0.6 is 11.6 Å². The Balaban J connectivity index is 1.48. The van der Waals surface area contributed by atoms with Crippen LogP contribution in [0.2, 0.25) is 5.02 Å². The third-order valence-corrected chi connectivity index (χ3v) is 6.82. The zero-order chi connectivity index (χ0) is 26.6. The first kappa shape index (κ1) is 24.2. The zero-order valence-electron chi connectivity index (χ0n) is 20.8. The molecule has 0 aliphatic rings. The van der Waals surface area contributed by atoms with Crippen LogP contribution < -0.4 is 0 Å². The molecule has 0 saturated carbocycles. The van der Waals surface area contributed by atoms with Crippen LogP contribution in [-0.4, -0.2) is 15.0 Å². The second-order valence-electron chi connectivity index (χ2n) is 8.96. The number of hydrogen-bond acceptors (Lipinski definition) is 4. The summed E-state index contributed by atoms with van der Waals surface area (Å²) >= 11 is 6.59. The summed E-state index contributed by atoms with van der Waals surface area (Å²) in [7, 11) is 0. The SMILES string of the molecule is N#Cc1ccc(-c2ccc(-c3nc(-c4ccccc4)nc(-c4ccccc4-c4ccccc4Cl)n3)cc2)cc1. The number of hydrogen-bond donors (Lipinski definition) is 0. The summed E-state index contributed by atoms with van der Waals surface area (Å²) in [6.07, 6.45) is 0. The second kappa shape index (κ2) is 10.7. The molecule has 5 aromatic carbocycles. The Morgan fingerprint density at radius 2 is 0.897 bits per heavy atom. The monoisotopic (exact) mass is 520 g/mol. The molecular weight excluding hydrogens is 500 g/mol. The summed E-state index contributed by atoms with van der Waals surface area (Å²) in [5.41, 5.74) is 7.26. The molecule has 5 heteroatoms. The van der Waals surface area contributed by atoms with Crippen molar-refractivity contribution in [2.75, 3.05) is 0 Å². The molecule has 0 aliphatic carbocycles. The zero-order valence-corrected chi connectivity index (χ0v) is 21.5. The van der Waals surface area contributed by atoms with Crippen LogP contribution in [0.5, 0.6) is 0 Å². The highest BCUT2D eigenvalue weighted by molar-refractivity contribution is 6.33. The molecule has 6 aromatic rings. The average molecular weight is 521 g/mol. The van der Waals surface area contributed by atoms with Crippen LogP contribution in [0.25, 0.3) is 56.4 Å². The smallest absolute Gasteiger partial charge is 0.164 e. The van der Waals surface area contributed by atoms with Crippen molar-refractivity contribution < 1.29 is 0 Å². The molecule has 184 valence electrons. The summed E-state index contributed by atoms with van der Waals surface area (Å²) in [6.45, 7) is 0. The average Bonchev–Trinajstić information content (AvgIpc) is 3.02. The maximum absolute atomic E-state index is 9.09. The molecule has 0 aliphatic heterocycles. The van der Waals surface area contributed by atoms with Crippen LogP contribution in [0.3, 0.4) is 0 Å². The Kier molecular flexibility index (Phi) is 6.66. The van der Waals surface area contributed by atoms with Gasteiger partial charge >= 0.3 is 0 Å². The molecule has 0 saturated heterocycles. The molecule has 4 nitrogen and oxygen atoms in total. The quantitative estimate of drug-likeness (QED) is 0.228. The lowest BCUT2D eigenvalue weighted by Crippen LogP contribution is -2.01. The summed E-state index contributed by atoms with van der Waals surface area (Å²) < 4.78 is 0. The van der Waals surface area contributed by atoms with Crippen LogP contribution in [-0.2, 0) is 0 Å². The third-order valence-electron chi connectivity index (χ3n) is 6.49. The predicted octanol–water partition coefficient (Wildman–Crippen LogP) is 8.73. The van der Waals surface area contributed by atoms with E-state index in [9.17, 15) is 0 Å². The number of nitrogens with zero attached hydrogens (tertiary/aromatic N) is 4. The summed E-state index contributed by atoms with van der Waals surface area (Å²) in [5, 5.41) is 9.76. The van der Waals surface area contributed by atoms with Gasteiger partial charge in [-0.25, -0.2) is 15.0 Å². The highest BCUT2D eigenvalue weighted by atomic mass is 35.5. The minimum Gasteiger partial charge on any atom is -0.208 e. The lowest BCUT2D eigenvalue weighted by Gasteiger charge is -2.13. The van der Waals surface area contributed by atoms with Gasteiger partial charge in [-0.2, -0.15) is 5.26 Å². The fourth-order valence-corrected chi connectivity index (χ4v) is 4.72. The van der Waals surface area contributed by atoms with Crippen molar-refractivity contribution in [1.29, 1.82) is 5.26 Å². The van der Waals surface area contributed by atoms with Crippen molar-refractivity contribution in [2.45, 2.75) is 0 Å². The molecule has 0 N–H and O–H groups in total. The highest BCUT2D eigenvalue weighted by Crippen LogP contribution is 2.36. The standard InChI is InChI=1S/C34H21ClN4/c35-31-13-7-6-11-29(31)28-10-4-5-12-30(28)34-38-32(26-8-2-1-3-9-26)37-33(39-34)27-20-18-25(19-21-27)24-16-14-23(22-36)15-17-24/h1-21H. The van der Waals surface area contributed by atoms with Gasteiger partial charge < -0.3 is 0 Å². The highest BCUT2D eigenvalue weighted by Gasteiger charge is 2.16. The molecule has 39 heavy (non-hydrogen) atoms. The van der Waals surface area contributed by atoms with Crippen LogP contribution in [0.4, 0.5) is 0 Å². The van der Waals surface area contributed by atoms with Gasteiger partial charge in [0, 0.05) is 27.3 Å². The minimum absolute atomic E-state index is 0.575. The summed E-state index contributed by atoms with van der Waals surface area (Å²) in [4.78, 5) is 14.7. The van der Waals surface area contributed by atoms with Crippen molar-refractivity contribution in [1.82, 2.24) is 15.0 Å². The molecule has 0 atom stereocenters. The van der Waals surface area contributed by atoms with Crippen molar-refractivity contribution >= 4 is 11.6 Å². The van der Waals surface area contributed by atoms with Crippen molar-refractivity contribution in [2.24, 2.45) is 0 Å². The van der Waals surface area contributed by atoms with E-state index in [4.69, 9.17) is 31.8 Å². The van der Waals surface area contributed by atoms with Crippen molar-refractivity contribution in [3.8, 4) is 62.5 Å². The Morgan fingerprint density at radius 1 is 0.436 bits per heavy atom. The van der Waals surface area contributed by atoms with Gasteiger partial charge in [0.05, 0.1) is 11.6 Å². The summed E-state index contributed by atoms with van der Waals surface area (Å²) in [5.74, 6) is 1.76. The van der Waals surface area contributed by atoms with Crippen molar-refractivity contribution in [3.63, 3.8) is 0 Å². The lowest BCUT2D eigenvalue weighted by molar-refractivity contribution is 1.07. The van der Waals surface area contributed by atoms with Gasteiger partial charge in [0.1, 0.15) is 0 Å². The van der Waals surface area contributed by atoms with Gasteiger partial charge in [0.2, 0.25) is 0 Å². The van der Waals surface area contributed by atoms with Gasteiger partial charge in [-0.1, -0.05) is 121 Å². The van der Waals surface area contributed by atoms with E-state index in [1.165, 1.54) is 0 Å². The first-order valence-electron chi connectivity index (χ1n) is 12.5. The van der Waals surface area contributed by atoms with E-state index in [-0.39, 0.29) is 0 Å².